The van der Waals surface area contributed by atoms with Gasteiger partial charge in [0.15, 0.2) is 0 Å². The van der Waals surface area contributed by atoms with Crippen LogP contribution in [-0.2, 0) is 19.6 Å². The maximum Gasteiger partial charge on any atom is 0.245 e. The van der Waals surface area contributed by atoms with Crippen LogP contribution in [0.2, 0.25) is 0 Å². The van der Waals surface area contributed by atoms with Crippen LogP contribution in [0.3, 0.4) is 0 Å². The van der Waals surface area contributed by atoms with Gasteiger partial charge in [-0.2, -0.15) is 4.31 Å². The molecular formula is C26H38N4O4S. The largest absolute Gasteiger partial charge is 0.361 e. The highest BCUT2D eigenvalue weighted by molar-refractivity contribution is 7.88. The molecule has 2 aliphatic rings. The molecule has 0 unspecified atom stereocenters. The van der Waals surface area contributed by atoms with E-state index in [4.69, 9.17) is 0 Å². The molecule has 5 atom stereocenters. The van der Waals surface area contributed by atoms with Crippen molar-refractivity contribution in [2.45, 2.75) is 71.5 Å². The Labute approximate surface area is 208 Å². The van der Waals surface area contributed by atoms with Gasteiger partial charge in [-0.15, -0.1) is 0 Å². The topological polar surface area (TPSA) is 103 Å². The minimum Gasteiger partial charge on any atom is -0.361 e. The first-order chi connectivity index (χ1) is 16.4. The molecule has 0 spiro atoms. The number of fused-ring (bicyclic) bond motifs is 2. The van der Waals surface area contributed by atoms with Gasteiger partial charge in [0.1, 0.15) is 6.04 Å². The lowest BCUT2D eigenvalue weighted by molar-refractivity contribution is -0.139. The van der Waals surface area contributed by atoms with Crippen LogP contribution in [-0.4, -0.2) is 71.9 Å². The van der Waals surface area contributed by atoms with E-state index in [2.05, 4.69) is 28.5 Å². The number of carbonyl (C=O) groups excluding carboxylic acids is 2. The molecule has 2 saturated heterocycles. The van der Waals surface area contributed by atoms with Gasteiger partial charge < -0.3 is 15.2 Å². The van der Waals surface area contributed by atoms with Crippen molar-refractivity contribution in [3.8, 4) is 0 Å². The normalized spacial score (nSPS) is 24.7. The molecule has 9 heteroatoms. The third-order valence-corrected chi connectivity index (χ3v) is 9.12. The minimum absolute atomic E-state index is 0.0866. The van der Waals surface area contributed by atoms with Crippen molar-refractivity contribution in [3.05, 3.63) is 35.5 Å². The van der Waals surface area contributed by atoms with Gasteiger partial charge in [-0.05, 0) is 42.9 Å². The molecule has 0 aliphatic carbocycles. The van der Waals surface area contributed by atoms with Gasteiger partial charge in [0.05, 0.1) is 12.3 Å². The summed E-state index contributed by atoms with van der Waals surface area (Å²) >= 11 is 0. The molecule has 0 radical (unpaired) electrons. The van der Waals surface area contributed by atoms with E-state index in [1.54, 1.807) is 4.31 Å². The standard InChI is InChI=1S/C26H38N4O4S/c1-7-17(5)25(31)28-23(15(2)3)26(32)29-11-10-22-24(29)20(14-30(22)35(6,33)34)19-13-27-21-12-16(4)8-9-18(19)21/h8-9,12-13,15,17,20,22-24,27H,7,10-11,14H2,1-6H3,(H,28,31)/t17-,20-,22-,23+,24-/m1/s1. The Bertz CT molecular complexity index is 1220. The maximum atomic E-state index is 13.9. The Kier molecular flexibility index (Phi) is 7.03. The average molecular weight is 503 g/mol. The van der Waals surface area contributed by atoms with E-state index in [0.717, 1.165) is 22.0 Å². The Morgan fingerprint density at radius 1 is 1.23 bits per heavy atom. The summed E-state index contributed by atoms with van der Waals surface area (Å²) in [4.78, 5) is 31.7. The van der Waals surface area contributed by atoms with Crippen molar-refractivity contribution in [2.75, 3.05) is 19.3 Å². The molecule has 8 nitrogen and oxygen atoms in total. The molecule has 2 fully saturated rings. The lowest BCUT2D eigenvalue weighted by atomic mass is 9.90. The second-order valence-corrected chi connectivity index (χ2v) is 12.6. The number of amides is 2. The van der Waals surface area contributed by atoms with Crippen LogP contribution in [0.4, 0.5) is 0 Å². The highest BCUT2D eigenvalue weighted by Gasteiger charge is 2.54. The highest BCUT2D eigenvalue weighted by Crippen LogP contribution is 2.44. The summed E-state index contributed by atoms with van der Waals surface area (Å²) in [5.74, 6) is -0.666. The first-order valence-electron chi connectivity index (χ1n) is 12.6. The van der Waals surface area contributed by atoms with Crippen molar-refractivity contribution in [1.29, 1.82) is 0 Å². The van der Waals surface area contributed by atoms with Crippen LogP contribution >= 0.6 is 0 Å². The van der Waals surface area contributed by atoms with E-state index in [1.807, 2.05) is 45.7 Å². The van der Waals surface area contributed by atoms with Crippen LogP contribution in [0.15, 0.2) is 24.4 Å². The summed E-state index contributed by atoms with van der Waals surface area (Å²) in [6, 6.07) is 5.01. The zero-order valence-corrected chi connectivity index (χ0v) is 22.4. The molecule has 2 amide bonds. The smallest absolute Gasteiger partial charge is 0.245 e. The van der Waals surface area contributed by atoms with Gasteiger partial charge in [0, 0.05) is 48.1 Å². The number of H-pyrrole nitrogens is 1. The monoisotopic (exact) mass is 502 g/mol. The number of sulfonamides is 1. The van der Waals surface area contributed by atoms with E-state index in [-0.39, 0.29) is 41.7 Å². The number of benzene rings is 1. The van der Waals surface area contributed by atoms with Crippen LogP contribution in [0.1, 0.15) is 57.6 Å². The van der Waals surface area contributed by atoms with Crippen molar-refractivity contribution in [1.82, 2.24) is 19.5 Å². The van der Waals surface area contributed by atoms with Gasteiger partial charge in [-0.3, -0.25) is 9.59 Å². The van der Waals surface area contributed by atoms with Crippen LogP contribution in [0.5, 0.6) is 0 Å². The van der Waals surface area contributed by atoms with E-state index in [0.29, 0.717) is 25.9 Å². The highest BCUT2D eigenvalue weighted by atomic mass is 32.2. The molecule has 0 bridgehead atoms. The first-order valence-corrected chi connectivity index (χ1v) is 14.4. The number of rotatable bonds is 7. The number of hydrogen-bond acceptors (Lipinski definition) is 4. The Hall–Kier alpha value is -2.39. The first kappa shape index (κ1) is 25.7. The third kappa shape index (κ3) is 4.72. The summed E-state index contributed by atoms with van der Waals surface area (Å²) in [6.07, 6.45) is 4.50. The Morgan fingerprint density at radius 3 is 2.57 bits per heavy atom. The molecule has 0 saturated carbocycles. The average Bonchev–Trinajstić information content (AvgIpc) is 3.49. The van der Waals surface area contributed by atoms with Crippen LogP contribution < -0.4 is 5.32 Å². The second kappa shape index (κ2) is 9.58. The van der Waals surface area contributed by atoms with Crippen LogP contribution in [0.25, 0.3) is 10.9 Å². The second-order valence-electron chi connectivity index (χ2n) is 10.7. The predicted molar refractivity (Wildman–Crippen MR) is 137 cm³/mol. The summed E-state index contributed by atoms with van der Waals surface area (Å²) < 4.78 is 27.0. The van der Waals surface area contributed by atoms with Gasteiger partial charge in [0.2, 0.25) is 21.8 Å². The van der Waals surface area contributed by atoms with Gasteiger partial charge in [-0.25, -0.2) is 8.42 Å². The summed E-state index contributed by atoms with van der Waals surface area (Å²) in [5, 5.41) is 4.04. The SMILES string of the molecule is CC[C@@H](C)C(=O)N[C@H](C(=O)N1CC[C@@H]2[C@H]1[C@@H](c1c[nH]c3cc(C)ccc13)CN2S(C)(=O)=O)C(C)C. The maximum absolute atomic E-state index is 13.9. The third-order valence-electron chi connectivity index (χ3n) is 7.85. The van der Waals surface area contributed by atoms with Gasteiger partial charge in [0.25, 0.3) is 0 Å². The number of hydrogen-bond donors (Lipinski definition) is 2. The quantitative estimate of drug-likeness (QED) is 0.608. The molecule has 4 rings (SSSR count). The predicted octanol–water partition coefficient (Wildman–Crippen LogP) is 2.99. The van der Waals surface area contributed by atoms with Gasteiger partial charge >= 0.3 is 0 Å². The summed E-state index contributed by atoms with van der Waals surface area (Å²) in [6.45, 7) is 10.5. The zero-order chi connectivity index (χ0) is 25.7. The molecule has 3 heterocycles. The number of nitrogens with one attached hydrogen (secondary N) is 2. The van der Waals surface area contributed by atoms with E-state index in [9.17, 15) is 18.0 Å². The zero-order valence-electron chi connectivity index (χ0n) is 21.5. The van der Waals surface area contributed by atoms with Crippen molar-refractivity contribution in [2.24, 2.45) is 11.8 Å². The molecule has 2 N–H and O–H groups in total. The van der Waals surface area contributed by atoms with Crippen molar-refractivity contribution in [3.63, 3.8) is 0 Å². The number of likely N-dealkylation sites (tertiary alicyclic amines) is 1. The molecule has 1 aromatic heterocycles. The number of aromatic amines is 1. The van der Waals surface area contributed by atoms with Crippen LogP contribution in [0, 0.1) is 18.8 Å². The number of aryl methyl sites for hydroxylation is 1. The molecular weight excluding hydrogens is 464 g/mol. The van der Waals surface area contributed by atoms with Crippen molar-refractivity contribution < 1.29 is 18.0 Å². The van der Waals surface area contributed by atoms with E-state index >= 15 is 0 Å². The number of carbonyl (C=O) groups is 2. The summed E-state index contributed by atoms with van der Waals surface area (Å²) in [7, 11) is -3.44. The molecule has 192 valence electrons. The fourth-order valence-corrected chi connectivity index (χ4v) is 6.85. The van der Waals surface area contributed by atoms with Crippen molar-refractivity contribution >= 4 is 32.7 Å². The molecule has 2 aromatic rings. The lowest BCUT2D eigenvalue weighted by Crippen LogP contribution is -2.54. The number of aromatic nitrogens is 1. The fraction of sp³-hybridized carbons (Fsp3) is 0.615. The summed E-state index contributed by atoms with van der Waals surface area (Å²) in [5.41, 5.74) is 3.18. The van der Waals surface area contributed by atoms with Gasteiger partial charge in [-0.1, -0.05) is 39.8 Å². The molecule has 2 aliphatic heterocycles. The molecule has 1 aromatic carbocycles. The van der Waals surface area contributed by atoms with E-state index < -0.39 is 16.1 Å². The van der Waals surface area contributed by atoms with E-state index in [1.165, 1.54) is 6.26 Å². The number of nitrogens with zero attached hydrogens (tertiary/aromatic N) is 2. The Morgan fingerprint density at radius 2 is 1.94 bits per heavy atom. The fourth-order valence-electron chi connectivity index (χ4n) is 5.70. The lowest BCUT2D eigenvalue weighted by Gasteiger charge is -2.33. The Balaban J connectivity index is 1.71. The minimum atomic E-state index is -3.44. The molecule has 35 heavy (non-hydrogen) atoms.